The molecule has 3 aromatic carbocycles. The van der Waals surface area contributed by atoms with Gasteiger partial charge in [-0.05, 0) is 36.8 Å². The first-order chi connectivity index (χ1) is 19.5. The van der Waals surface area contributed by atoms with Crippen molar-refractivity contribution >= 4 is 33.5 Å². The summed E-state index contributed by atoms with van der Waals surface area (Å²) in [7, 11) is 0. The molecule has 0 radical (unpaired) electrons. The fourth-order valence-corrected chi connectivity index (χ4v) is 5.11. The summed E-state index contributed by atoms with van der Waals surface area (Å²) < 4.78 is 23.3. The topological polar surface area (TPSA) is 71.1 Å². The third-order valence-corrected chi connectivity index (χ3v) is 7.22. The number of hydrogen-bond acceptors (Lipinski definition) is 6. The minimum absolute atomic E-state index is 0.170. The molecule has 6 nitrogen and oxygen atoms in total. The van der Waals surface area contributed by atoms with Crippen LogP contribution in [0.25, 0.3) is 21.5 Å². The smallest absolute Gasteiger partial charge is 0.344 e. The average Bonchev–Trinajstić information content (AvgIpc) is 2.97. The van der Waals surface area contributed by atoms with Crippen LogP contribution in [0.4, 0.5) is 0 Å². The van der Waals surface area contributed by atoms with E-state index in [2.05, 4.69) is 33.8 Å². The molecule has 0 N–H and O–H groups in total. The fourth-order valence-electron chi connectivity index (χ4n) is 5.11. The Morgan fingerprint density at radius 3 is 1.68 bits per heavy atom. The van der Waals surface area contributed by atoms with E-state index in [1.807, 2.05) is 30.3 Å². The van der Waals surface area contributed by atoms with Crippen molar-refractivity contribution < 1.29 is 28.5 Å². The molecule has 6 heteroatoms. The Balaban J connectivity index is 1.92. The fraction of sp³-hybridized carbons (Fsp3) is 0.529. The van der Waals surface area contributed by atoms with Gasteiger partial charge in [-0.15, -0.1) is 0 Å². The van der Waals surface area contributed by atoms with Crippen LogP contribution in [0, 0.1) is 0 Å². The number of rotatable bonds is 18. The predicted octanol–water partition coefficient (Wildman–Crippen LogP) is 8.12. The van der Waals surface area contributed by atoms with Crippen LogP contribution in [0.5, 0.6) is 11.5 Å². The number of benzene rings is 3. The molecule has 0 aliphatic heterocycles. The van der Waals surface area contributed by atoms with Crippen LogP contribution in [0.1, 0.15) is 90.2 Å². The van der Waals surface area contributed by atoms with E-state index in [4.69, 9.17) is 18.9 Å². The minimum Gasteiger partial charge on any atom is -0.481 e. The maximum atomic E-state index is 12.6. The molecule has 0 bridgehead atoms. The summed E-state index contributed by atoms with van der Waals surface area (Å²) in [5.74, 6) is 0.514. The van der Waals surface area contributed by atoms with Crippen molar-refractivity contribution in [3.63, 3.8) is 0 Å². The van der Waals surface area contributed by atoms with E-state index in [-0.39, 0.29) is 25.2 Å². The Hall–Kier alpha value is -3.28. The van der Waals surface area contributed by atoms with Gasteiger partial charge in [0.2, 0.25) is 0 Å². The van der Waals surface area contributed by atoms with Crippen LogP contribution in [-0.4, -0.2) is 38.4 Å². The van der Waals surface area contributed by atoms with Gasteiger partial charge in [0.25, 0.3) is 0 Å². The Morgan fingerprint density at radius 2 is 1.15 bits per heavy atom. The van der Waals surface area contributed by atoms with Gasteiger partial charge >= 0.3 is 11.9 Å². The second kappa shape index (κ2) is 16.7. The Morgan fingerprint density at radius 1 is 0.600 bits per heavy atom. The van der Waals surface area contributed by atoms with Crippen LogP contribution in [-0.2, 0) is 31.9 Å². The third kappa shape index (κ3) is 8.36. The number of ether oxygens (including phenoxy) is 4. The Bertz CT molecular complexity index is 1250. The number of aryl methyl sites for hydroxylation is 2. The van der Waals surface area contributed by atoms with Gasteiger partial charge in [0.1, 0.15) is 11.5 Å². The lowest BCUT2D eigenvalue weighted by Gasteiger charge is -2.21. The standard InChI is InChI=1S/C34H46O6/c1-5-9-11-15-21-37-30(35)23-39-33-27-17-13-14-18-28(27)34(40-24-31(36)38-22-16-12-10-6-2)32-26(8-4)25(7-3)19-20-29(32)33/h13-14,17-20H,5-12,15-16,21-24H2,1-4H3. The lowest BCUT2D eigenvalue weighted by Crippen LogP contribution is -2.17. The van der Waals surface area contributed by atoms with Crippen LogP contribution < -0.4 is 9.47 Å². The number of hydrogen-bond donors (Lipinski definition) is 0. The molecule has 0 amide bonds. The molecule has 0 aliphatic carbocycles. The summed E-state index contributed by atoms with van der Waals surface area (Å²) in [6, 6.07) is 11.9. The van der Waals surface area contributed by atoms with E-state index in [9.17, 15) is 9.59 Å². The van der Waals surface area contributed by atoms with E-state index in [1.165, 1.54) is 5.56 Å². The van der Waals surface area contributed by atoms with Gasteiger partial charge in [-0.2, -0.15) is 0 Å². The van der Waals surface area contributed by atoms with Gasteiger partial charge in [-0.1, -0.05) is 103 Å². The molecule has 0 saturated carbocycles. The first-order valence-electron chi connectivity index (χ1n) is 15.1. The highest BCUT2D eigenvalue weighted by Gasteiger charge is 2.21. The van der Waals surface area contributed by atoms with Crippen molar-refractivity contribution in [1.29, 1.82) is 0 Å². The van der Waals surface area contributed by atoms with E-state index in [1.54, 1.807) is 0 Å². The highest BCUT2D eigenvalue weighted by atomic mass is 16.6. The quantitative estimate of drug-likeness (QED) is 0.0905. The zero-order valence-electron chi connectivity index (χ0n) is 24.8. The number of esters is 2. The number of carbonyl (C=O) groups is 2. The summed E-state index contributed by atoms with van der Waals surface area (Å²) >= 11 is 0. The third-order valence-electron chi connectivity index (χ3n) is 7.22. The molecule has 0 fully saturated rings. The molecule has 0 spiro atoms. The van der Waals surface area contributed by atoms with Crippen molar-refractivity contribution in [3.8, 4) is 11.5 Å². The molecule has 0 unspecified atom stereocenters. The van der Waals surface area contributed by atoms with E-state index < -0.39 is 0 Å². The summed E-state index contributed by atoms with van der Waals surface area (Å²) in [5, 5.41) is 3.42. The second-order valence-corrected chi connectivity index (χ2v) is 10.2. The Kier molecular flexibility index (Phi) is 13.1. The van der Waals surface area contributed by atoms with Crippen LogP contribution in [0.15, 0.2) is 36.4 Å². The van der Waals surface area contributed by atoms with Crippen molar-refractivity contribution in [2.45, 2.75) is 91.9 Å². The summed E-state index contributed by atoms with van der Waals surface area (Å²) in [5.41, 5.74) is 2.36. The Labute approximate surface area is 239 Å². The van der Waals surface area contributed by atoms with E-state index >= 15 is 0 Å². The average molecular weight is 551 g/mol. The number of fused-ring (bicyclic) bond motifs is 2. The maximum absolute atomic E-state index is 12.6. The van der Waals surface area contributed by atoms with Crippen LogP contribution in [0.3, 0.4) is 0 Å². The minimum atomic E-state index is -0.378. The van der Waals surface area contributed by atoms with Gasteiger partial charge < -0.3 is 18.9 Å². The molecular formula is C34H46O6. The molecule has 3 rings (SSSR count). The molecule has 0 heterocycles. The predicted molar refractivity (Wildman–Crippen MR) is 161 cm³/mol. The molecule has 0 aromatic heterocycles. The van der Waals surface area contributed by atoms with Crippen LogP contribution >= 0.6 is 0 Å². The van der Waals surface area contributed by atoms with Gasteiger partial charge in [-0.25, -0.2) is 9.59 Å². The second-order valence-electron chi connectivity index (χ2n) is 10.2. The normalized spacial score (nSPS) is 11.1. The molecule has 0 saturated heterocycles. The summed E-state index contributed by atoms with van der Waals surface area (Å²) in [6.07, 6.45) is 10.0. The summed E-state index contributed by atoms with van der Waals surface area (Å²) in [6.45, 7) is 9.03. The van der Waals surface area contributed by atoms with Crippen molar-refractivity contribution in [1.82, 2.24) is 0 Å². The molecule has 218 valence electrons. The van der Waals surface area contributed by atoms with Gasteiger partial charge in [0, 0.05) is 21.5 Å². The number of carbonyl (C=O) groups excluding carboxylic acids is 2. The highest BCUT2D eigenvalue weighted by Crippen LogP contribution is 2.45. The van der Waals surface area contributed by atoms with Crippen LogP contribution in [0.2, 0.25) is 0 Å². The molecule has 0 atom stereocenters. The van der Waals surface area contributed by atoms with Crippen molar-refractivity contribution in [3.05, 3.63) is 47.5 Å². The molecule has 3 aromatic rings. The zero-order chi connectivity index (χ0) is 28.7. The van der Waals surface area contributed by atoms with E-state index in [0.717, 1.165) is 91.3 Å². The van der Waals surface area contributed by atoms with Crippen molar-refractivity contribution in [2.75, 3.05) is 26.4 Å². The van der Waals surface area contributed by atoms with E-state index in [0.29, 0.717) is 24.7 Å². The molecule has 0 aliphatic rings. The first-order valence-corrected chi connectivity index (χ1v) is 15.1. The SMILES string of the molecule is CCCCCCOC(=O)COc1c2ccccc2c(OCC(=O)OCCCCCC)c2c(CC)c(CC)ccc12. The lowest BCUT2D eigenvalue weighted by molar-refractivity contribution is -0.147. The first kappa shape index (κ1) is 31.3. The van der Waals surface area contributed by atoms with Gasteiger partial charge in [0.05, 0.1) is 13.2 Å². The summed E-state index contributed by atoms with van der Waals surface area (Å²) in [4.78, 5) is 25.1. The highest BCUT2D eigenvalue weighted by molar-refractivity contribution is 6.12. The molecule has 40 heavy (non-hydrogen) atoms. The lowest BCUT2D eigenvalue weighted by atomic mass is 9.91. The van der Waals surface area contributed by atoms with Crippen molar-refractivity contribution in [2.24, 2.45) is 0 Å². The maximum Gasteiger partial charge on any atom is 0.344 e. The van der Waals surface area contributed by atoms with Gasteiger partial charge in [-0.3, -0.25) is 0 Å². The number of unbranched alkanes of at least 4 members (excludes halogenated alkanes) is 6. The zero-order valence-corrected chi connectivity index (χ0v) is 24.8. The molecular weight excluding hydrogens is 504 g/mol. The largest absolute Gasteiger partial charge is 0.481 e. The van der Waals surface area contributed by atoms with Gasteiger partial charge in [0.15, 0.2) is 13.2 Å². The monoisotopic (exact) mass is 550 g/mol.